The van der Waals surface area contributed by atoms with Crippen LogP contribution in [0.5, 0.6) is 5.75 Å². The summed E-state index contributed by atoms with van der Waals surface area (Å²) in [5, 5.41) is 0.228. The van der Waals surface area contributed by atoms with E-state index < -0.39 is 21.4 Å². The van der Waals surface area contributed by atoms with Gasteiger partial charge < -0.3 is 4.18 Å². The lowest BCUT2D eigenvalue weighted by Gasteiger charge is -2.11. The fraction of sp³-hybridized carbons (Fsp3) is 0.100. The molecule has 0 amide bonds. The Hall–Kier alpha value is -1.06. The Labute approximate surface area is 124 Å². The second-order valence-corrected chi connectivity index (χ2v) is 6.40. The molecule has 0 fully saturated rings. The van der Waals surface area contributed by atoms with Crippen molar-refractivity contribution in [2.24, 2.45) is 0 Å². The van der Waals surface area contributed by atoms with Crippen molar-refractivity contribution in [3.8, 4) is 5.75 Å². The molecule has 0 aliphatic carbocycles. The van der Waals surface area contributed by atoms with Gasteiger partial charge in [0.05, 0.1) is 5.52 Å². The van der Waals surface area contributed by atoms with Gasteiger partial charge in [-0.05, 0) is 28.1 Å². The molecule has 20 heavy (non-hydrogen) atoms. The number of benzene rings is 1. The molecule has 10 heteroatoms. The summed E-state index contributed by atoms with van der Waals surface area (Å²) in [6, 6.07) is 3.74. The molecule has 0 unspecified atom stereocenters. The predicted octanol–water partition coefficient (Wildman–Crippen LogP) is 3.88. The van der Waals surface area contributed by atoms with Crippen LogP contribution in [0.4, 0.5) is 13.2 Å². The molecular weight excluding hydrogens is 387 g/mol. The van der Waals surface area contributed by atoms with Crippen LogP contribution in [0.1, 0.15) is 0 Å². The minimum absolute atomic E-state index is 0.0414. The van der Waals surface area contributed by atoms with Crippen molar-refractivity contribution < 1.29 is 25.8 Å². The number of alkyl halides is 3. The standard InChI is InChI=1S/C10H4BrClF3NO3S/c11-7-4-5(12)3-6-8(1-2-16-9(6)7)19-20(17,18)10(13,14)15/h1-4H. The van der Waals surface area contributed by atoms with Gasteiger partial charge in [0.15, 0.2) is 5.75 Å². The van der Waals surface area contributed by atoms with E-state index in [0.29, 0.717) is 4.47 Å². The molecule has 0 spiro atoms. The van der Waals surface area contributed by atoms with E-state index in [9.17, 15) is 21.6 Å². The lowest BCUT2D eigenvalue weighted by atomic mass is 10.2. The fourth-order valence-electron chi connectivity index (χ4n) is 1.39. The third-order valence-electron chi connectivity index (χ3n) is 2.21. The van der Waals surface area contributed by atoms with E-state index in [-0.39, 0.29) is 15.9 Å². The van der Waals surface area contributed by atoms with Crippen LogP contribution >= 0.6 is 27.5 Å². The Kier molecular flexibility index (Phi) is 3.87. The lowest BCUT2D eigenvalue weighted by molar-refractivity contribution is -0.0499. The zero-order chi connectivity index (χ0) is 15.1. The molecule has 0 radical (unpaired) electrons. The van der Waals surface area contributed by atoms with Crippen LogP contribution in [0.3, 0.4) is 0 Å². The maximum atomic E-state index is 12.3. The topological polar surface area (TPSA) is 56.3 Å². The first-order valence-corrected chi connectivity index (χ1v) is 7.44. The number of fused-ring (bicyclic) bond motifs is 1. The highest BCUT2D eigenvalue weighted by molar-refractivity contribution is 9.10. The quantitative estimate of drug-likeness (QED) is 0.577. The van der Waals surface area contributed by atoms with Crippen molar-refractivity contribution in [3.63, 3.8) is 0 Å². The van der Waals surface area contributed by atoms with E-state index >= 15 is 0 Å². The number of aromatic nitrogens is 1. The molecule has 0 aliphatic rings. The normalized spacial score (nSPS) is 12.7. The van der Waals surface area contributed by atoms with Crippen LogP contribution in [0.15, 0.2) is 28.9 Å². The van der Waals surface area contributed by atoms with Gasteiger partial charge in [-0.3, -0.25) is 4.98 Å². The Bertz CT molecular complexity index is 779. The van der Waals surface area contributed by atoms with Gasteiger partial charge in [0.1, 0.15) is 0 Å². The number of nitrogens with zero attached hydrogens (tertiary/aromatic N) is 1. The third kappa shape index (κ3) is 2.84. The first-order chi connectivity index (χ1) is 9.12. The molecular formula is C10H4BrClF3NO3S. The number of halogens is 5. The van der Waals surface area contributed by atoms with E-state index in [0.717, 1.165) is 12.3 Å². The van der Waals surface area contributed by atoms with Crippen LogP contribution < -0.4 is 4.18 Å². The highest BCUT2D eigenvalue weighted by Crippen LogP contribution is 2.35. The third-order valence-corrected chi connectivity index (χ3v) is 3.99. The van der Waals surface area contributed by atoms with Crippen LogP contribution in [0.25, 0.3) is 10.9 Å². The minimum Gasteiger partial charge on any atom is -0.375 e. The molecule has 1 heterocycles. The Morgan fingerprint density at radius 3 is 2.55 bits per heavy atom. The smallest absolute Gasteiger partial charge is 0.375 e. The largest absolute Gasteiger partial charge is 0.534 e. The summed E-state index contributed by atoms with van der Waals surface area (Å²) in [7, 11) is -5.75. The van der Waals surface area contributed by atoms with Crippen LogP contribution in [0, 0.1) is 0 Å². The summed E-state index contributed by atoms with van der Waals surface area (Å²) in [5.41, 5.74) is -5.29. The molecule has 1 aromatic carbocycles. The van der Waals surface area contributed by atoms with Gasteiger partial charge >= 0.3 is 15.6 Å². The first kappa shape index (κ1) is 15.3. The highest BCUT2D eigenvalue weighted by atomic mass is 79.9. The van der Waals surface area contributed by atoms with E-state index in [4.69, 9.17) is 11.6 Å². The van der Waals surface area contributed by atoms with Gasteiger partial charge in [-0.1, -0.05) is 11.6 Å². The number of hydrogen-bond donors (Lipinski definition) is 0. The average Bonchev–Trinajstić information content (AvgIpc) is 2.28. The van der Waals surface area contributed by atoms with Gasteiger partial charge in [-0.15, -0.1) is 0 Å². The van der Waals surface area contributed by atoms with Crippen molar-refractivity contribution in [3.05, 3.63) is 33.9 Å². The summed E-state index contributed by atoms with van der Waals surface area (Å²) in [4.78, 5) is 3.91. The van der Waals surface area contributed by atoms with Crippen molar-refractivity contribution in [2.45, 2.75) is 5.51 Å². The fourth-order valence-corrected chi connectivity index (χ4v) is 2.78. The Morgan fingerprint density at radius 2 is 1.95 bits per heavy atom. The number of pyridine rings is 1. The summed E-state index contributed by atoms with van der Waals surface area (Å²) in [5.74, 6) is -0.504. The van der Waals surface area contributed by atoms with Crippen LogP contribution in [0.2, 0.25) is 5.02 Å². The SMILES string of the molecule is O=S(=O)(Oc1ccnc2c(Br)cc(Cl)cc12)C(F)(F)F. The minimum atomic E-state index is -5.75. The number of hydrogen-bond acceptors (Lipinski definition) is 4. The molecule has 0 N–H and O–H groups in total. The van der Waals surface area contributed by atoms with Gasteiger partial charge in [-0.25, -0.2) is 0 Å². The Morgan fingerprint density at radius 1 is 1.30 bits per heavy atom. The predicted molar refractivity (Wildman–Crippen MR) is 70.1 cm³/mol. The monoisotopic (exact) mass is 389 g/mol. The molecule has 4 nitrogen and oxygen atoms in total. The molecule has 2 rings (SSSR count). The van der Waals surface area contributed by atoms with Gasteiger partial charge in [-0.2, -0.15) is 21.6 Å². The van der Waals surface area contributed by atoms with Gasteiger partial charge in [0, 0.05) is 27.1 Å². The second-order valence-electron chi connectivity index (χ2n) is 3.58. The van der Waals surface area contributed by atoms with Crippen molar-refractivity contribution in [1.29, 1.82) is 0 Å². The average molecular weight is 391 g/mol. The molecule has 0 bridgehead atoms. The zero-order valence-electron chi connectivity index (χ0n) is 9.28. The van der Waals surface area contributed by atoms with Gasteiger partial charge in [0.25, 0.3) is 0 Å². The second kappa shape index (κ2) is 5.05. The van der Waals surface area contributed by atoms with Crippen molar-refractivity contribution >= 4 is 48.6 Å². The Balaban J connectivity index is 2.62. The van der Waals surface area contributed by atoms with E-state index in [1.54, 1.807) is 0 Å². The molecule has 0 aliphatic heterocycles. The van der Waals surface area contributed by atoms with Crippen molar-refractivity contribution in [1.82, 2.24) is 4.98 Å². The molecule has 0 atom stereocenters. The highest BCUT2D eigenvalue weighted by Gasteiger charge is 2.48. The first-order valence-electron chi connectivity index (χ1n) is 4.86. The molecule has 2 aromatic rings. The summed E-state index contributed by atoms with van der Waals surface area (Å²) in [6.45, 7) is 0. The molecule has 0 saturated carbocycles. The van der Waals surface area contributed by atoms with Crippen LogP contribution in [-0.4, -0.2) is 18.9 Å². The van der Waals surface area contributed by atoms with Crippen LogP contribution in [-0.2, 0) is 10.1 Å². The summed E-state index contributed by atoms with van der Waals surface area (Å²) in [6.07, 6.45) is 1.13. The molecule has 0 saturated heterocycles. The zero-order valence-corrected chi connectivity index (χ0v) is 12.4. The maximum absolute atomic E-state index is 12.3. The maximum Gasteiger partial charge on any atom is 0.534 e. The summed E-state index contributed by atoms with van der Waals surface area (Å²) < 4.78 is 63.5. The summed E-state index contributed by atoms with van der Waals surface area (Å²) >= 11 is 8.90. The molecule has 1 aromatic heterocycles. The van der Waals surface area contributed by atoms with Gasteiger partial charge in [0.2, 0.25) is 0 Å². The van der Waals surface area contributed by atoms with E-state index in [1.807, 2.05) is 0 Å². The number of rotatable bonds is 2. The molecule has 108 valence electrons. The van der Waals surface area contributed by atoms with E-state index in [2.05, 4.69) is 25.1 Å². The lowest BCUT2D eigenvalue weighted by Crippen LogP contribution is -2.28. The van der Waals surface area contributed by atoms with Crippen molar-refractivity contribution in [2.75, 3.05) is 0 Å². The van der Waals surface area contributed by atoms with E-state index in [1.165, 1.54) is 12.1 Å².